The first-order valence-electron chi connectivity index (χ1n) is 9.49. The van der Waals surface area contributed by atoms with Gasteiger partial charge in [-0.2, -0.15) is 0 Å². The molecule has 0 atom stereocenters. The third-order valence-corrected chi connectivity index (χ3v) is 3.94. The van der Waals surface area contributed by atoms with Gasteiger partial charge in [0.05, 0.1) is 13.2 Å². The van der Waals surface area contributed by atoms with Crippen molar-refractivity contribution in [3.8, 4) is 0 Å². The molecule has 0 aliphatic heterocycles. The highest BCUT2D eigenvalue weighted by Crippen LogP contribution is 2.00. The summed E-state index contributed by atoms with van der Waals surface area (Å²) in [5.74, 6) is 0.0637. The molecule has 0 radical (unpaired) electrons. The first kappa shape index (κ1) is 24.2. The fourth-order valence-electron chi connectivity index (χ4n) is 2.57. The van der Waals surface area contributed by atoms with Crippen LogP contribution in [0.4, 0.5) is 0 Å². The van der Waals surface area contributed by atoms with Crippen LogP contribution in [0.3, 0.4) is 0 Å². The Bertz CT molecular complexity index is 307. The van der Waals surface area contributed by atoms with E-state index < -0.39 is 0 Å². The lowest BCUT2D eigenvalue weighted by Crippen LogP contribution is -2.42. The van der Waals surface area contributed by atoms with Crippen molar-refractivity contribution < 1.29 is 4.79 Å². The van der Waals surface area contributed by atoms with E-state index in [1.54, 1.807) is 0 Å². The Hall–Kier alpha value is -0.770. The quantitative estimate of drug-likeness (QED) is 0.238. The van der Waals surface area contributed by atoms with Gasteiger partial charge in [0.15, 0.2) is 0 Å². The van der Waals surface area contributed by atoms with Crippen molar-refractivity contribution >= 4 is 5.91 Å². The first-order valence-corrected chi connectivity index (χ1v) is 9.49. The molecule has 0 saturated heterocycles. The van der Waals surface area contributed by atoms with Crippen molar-refractivity contribution in [2.45, 2.75) is 25.7 Å². The molecule has 0 aliphatic rings. The summed E-state index contributed by atoms with van der Waals surface area (Å²) in [6.07, 6.45) is 3.95. The van der Waals surface area contributed by atoms with E-state index in [1.165, 1.54) is 0 Å². The maximum Gasteiger partial charge on any atom is 0.235 e. The molecule has 0 unspecified atom stereocenters. The Morgan fingerprint density at radius 2 is 1.20 bits per heavy atom. The number of amides is 1. The van der Waals surface area contributed by atoms with Crippen molar-refractivity contribution in [1.29, 1.82) is 0 Å². The third kappa shape index (κ3) is 15.2. The minimum atomic E-state index is 0.0637. The molecule has 0 rings (SSSR count). The molecule has 0 aromatic rings. The van der Waals surface area contributed by atoms with Gasteiger partial charge in [0.25, 0.3) is 0 Å². The number of hydrogen-bond acceptors (Lipinski definition) is 7. The maximum absolute atomic E-state index is 12.1. The molecule has 25 heavy (non-hydrogen) atoms. The van der Waals surface area contributed by atoms with E-state index in [0.717, 1.165) is 58.4 Å². The van der Waals surface area contributed by atoms with Crippen molar-refractivity contribution in [2.75, 3.05) is 79.7 Å². The van der Waals surface area contributed by atoms with E-state index in [4.69, 9.17) is 17.2 Å². The monoisotopic (exact) mass is 359 g/mol. The smallest absolute Gasteiger partial charge is 0.235 e. The van der Waals surface area contributed by atoms with Crippen LogP contribution in [-0.2, 0) is 4.79 Å². The van der Waals surface area contributed by atoms with Gasteiger partial charge in [-0.1, -0.05) is 0 Å². The largest absolute Gasteiger partial charge is 0.342 e. The van der Waals surface area contributed by atoms with Gasteiger partial charge in [0.1, 0.15) is 0 Å². The molecule has 0 saturated carbocycles. The van der Waals surface area contributed by atoms with Gasteiger partial charge in [0, 0.05) is 0 Å². The highest BCUT2D eigenvalue weighted by molar-refractivity contribution is 5.77. The molecule has 8 nitrogen and oxygen atoms in total. The van der Waals surface area contributed by atoms with Crippen LogP contribution in [0.15, 0.2) is 0 Å². The van der Waals surface area contributed by atoms with E-state index in [2.05, 4.69) is 15.1 Å². The highest BCUT2D eigenvalue weighted by atomic mass is 16.2. The van der Waals surface area contributed by atoms with Crippen LogP contribution in [-0.4, -0.2) is 100 Å². The van der Waals surface area contributed by atoms with Gasteiger partial charge < -0.3 is 27.4 Å². The summed E-state index contributed by atoms with van der Waals surface area (Å²) in [7, 11) is 3.87. The molecule has 0 aromatic heterocycles. The summed E-state index contributed by atoms with van der Waals surface area (Å²) >= 11 is 0. The lowest BCUT2D eigenvalue weighted by Gasteiger charge is -2.25. The van der Waals surface area contributed by atoms with Crippen molar-refractivity contribution in [3.05, 3.63) is 0 Å². The molecule has 0 aromatic carbocycles. The van der Waals surface area contributed by atoms with Crippen LogP contribution in [0.5, 0.6) is 0 Å². The average Bonchev–Trinajstić information content (AvgIpc) is 2.59. The van der Waals surface area contributed by atoms with Crippen LogP contribution in [0.2, 0.25) is 0 Å². The second-order valence-electron chi connectivity index (χ2n) is 6.74. The summed E-state index contributed by atoms with van der Waals surface area (Å²) in [6, 6.07) is 0. The number of nitrogens with two attached hydrogens (primary N) is 3. The molecule has 0 heterocycles. The van der Waals surface area contributed by atoms with E-state index in [1.807, 2.05) is 19.0 Å². The second kappa shape index (κ2) is 16.7. The predicted molar refractivity (Wildman–Crippen MR) is 105 cm³/mol. The number of rotatable bonds is 17. The molecule has 0 bridgehead atoms. The summed E-state index contributed by atoms with van der Waals surface area (Å²) in [6.45, 7) is 7.88. The number of hydrogen-bond donors (Lipinski definition) is 4. The number of nitrogens with one attached hydrogen (secondary N) is 1. The van der Waals surface area contributed by atoms with Crippen LogP contribution < -0.4 is 22.5 Å². The van der Waals surface area contributed by atoms with Gasteiger partial charge in [-0.3, -0.25) is 14.6 Å². The number of carbonyl (C=O) groups is 1. The van der Waals surface area contributed by atoms with Gasteiger partial charge >= 0.3 is 0 Å². The molecular formula is C17H41N7O. The zero-order valence-corrected chi connectivity index (χ0v) is 16.4. The Kier molecular flexibility index (Phi) is 16.2. The molecular weight excluding hydrogens is 318 g/mol. The molecule has 0 spiro atoms. The van der Waals surface area contributed by atoms with Crippen LogP contribution in [0.25, 0.3) is 0 Å². The minimum absolute atomic E-state index is 0.0637. The molecule has 0 fully saturated rings. The van der Waals surface area contributed by atoms with E-state index in [9.17, 15) is 4.79 Å². The van der Waals surface area contributed by atoms with Crippen LogP contribution in [0.1, 0.15) is 25.7 Å². The van der Waals surface area contributed by atoms with Crippen molar-refractivity contribution in [1.82, 2.24) is 20.0 Å². The van der Waals surface area contributed by atoms with Gasteiger partial charge in [0.2, 0.25) is 5.91 Å². The minimum Gasteiger partial charge on any atom is -0.342 e. The first-order chi connectivity index (χ1) is 12.0. The lowest BCUT2D eigenvalue weighted by molar-refractivity contribution is -0.122. The van der Waals surface area contributed by atoms with Crippen LogP contribution >= 0.6 is 0 Å². The standard InChI is InChI=1S/C17H41N7O/c1-22(2)16-21-17(25)15-24(12-5-9-20)14-6-13-23(10-3-7-18)11-4-8-19/h3-16,18-20H2,1-2H3,(H,21,25). The lowest BCUT2D eigenvalue weighted by atomic mass is 10.2. The summed E-state index contributed by atoms with van der Waals surface area (Å²) in [5.41, 5.74) is 16.9. The van der Waals surface area contributed by atoms with Crippen molar-refractivity contribution in [2.24, 2.45) is 17.2 Å². The fraction of sp³-hybridized carbons (Fsp3) is 0.941. The SMILES string of the molecule is CN(C)CNC(=O)CN(CCCN)CCCN(CCCN)CCCN. The third-order valence-electron chi connectivity index (χ3n) is 3.94. The maximum atomic E-state index is 12.1. The fourth-order valence-corrected chi connectivity index (χ4v) is 2.57. The number of nitrogens with zero attached hydrogens (tertiary/aromatic N) is 3. The van der Waals surface area contributed by atoms with Gasteiger partial charge in [-0.25, -0.2) is 0 Å². The van der Waals surface area contributed by atoms with E-state index in [-0.39, 0.29) is 5.91 Å². The average molecular weight is 360 g/mol. The molecule has 0 aliphatic carbocycles. The molecule has 7 N–H and O–H groups in total. The Morgan fingerprint density at radius 1 is 0.760 bits per heavy atom. The topological polar surface area (TPSA) is 117 Å². The van der Waals surface area contributed by atoms with Gasteiger partial charge in [-0.15, -0.1) is 0 Å². The molecule has 8 heteroatoms. The second-order valence-corrected chi connectivity index (χ2v) is 6.74. The van der Waals surface area contributed by atoms with Crippen molar-refractivity contribution in [3.63, 3.8) is 0 Å². The normalized spacial score (nSPS) is 11.7. The molecule has 150 valence electrons. The van der Waals surface area contributed by atoms with Crippen LogP contribution in [0, 0.1) is 0 Å². The summed E-state index contributed by atoms with van der Waals surface area (Å²) in [4.78, 5) is 18.6. The zero-order chi connectivity index (χ0) is 18.9. The van der Waals surface area contributed by atoms with Gasteiger partial charge in [-0.05, 0) is 92.1 Å². The summed E-state index contributed by atoms with van der Waals surface area (Å²) < 4.78 is 0. The summed E-state index contributed by atoms with van der Waals surface area (Å²) in [5, 5.41) is 2.92. The Morgan fingerprint density at radius 3 is 1.68 bits per heavy atom. The predicted octanol–water partition coefficient (Wildman–Crippen LogP) is -1.34. The number of carbonyl (C=O) groups excluding carboxylic acids is 1. The Balaban J connectivity index is 4.26. The zero-order valence-electron chi connectivity index (χ0n) is 16.4. The van der Waals surface area contributed by atoms with E-state index in [0.29, 0.717) is 32.8 Å². The molecule has 1 amide bonds. The highest BCUT2D eigenvalue weighted by Gasteiger charge is 2.11. The Labute approximate surface area is 154 Å². The van der Waals surface area contributed by atoms with E-state index >= 15 is 0 Å².